The Hall–Kier alpha value is -1.67. The van der Waals surface area contributed by atoms with Gasteiger partial charge in [0, 0.05) is 16.4 Å². The lowest BCUT2D eigenvalue weighted by Crippen LogP contribution is -2.25. The molecule has 8 heteroatoms. The number of aromatic amines is 1. The molecule has 1 aliphatic rings. The summed E-state index contributed by atoms with van der Waals surface area (Å²) in [7, 11) is -3.04. The maximum absolute atomic E-state index is 12.5. The standard InChI is InChI=1S/C15H16BrN3O3S/c1-10-14(8-17-12-4-2-3-11(16)7-12)15(20)19(18-10)13-5-6-23(21,22)9-13/h2-4,7-8,13,18H,5-6,9H2,1H3/t13-/m0/s1. The van der Waals surface area contributed by atoms with E-state index in [1.807, 2.05) is 24.3 Å². The van der Waals surface area contributed by atoms with Crippen LogP contribution in [0.5, 0.6) is 0 Å². The number of hydrogen-bond donors (Lipinski definition) is 1. The molecule has 1 aromatic heterocycles. The zero-order valence-corrected chi connectivity index (χ0v) is 14.9. The molecule has 2 heterocycles. The number of hydrogen-bond acceptors (Lipinski definition) is 4. The van der Waals surface area contributed by atoms with Crippen LogP contribution in [-0.4, -0.2) is 35.9 Å². The van der Waals surface area contributed by atoms with Crippen molar-refractivity contribution in [3.63, 3.8) is 0 Å². The van der Waals surface area contributed by atoms with Gasteiger partial charge >= 0.3 is 0 Å². The molecule has 0 bridgehead atoms. The van der Waals surface area contributed by atoms with Gasteiger partial charge in [-0.15, -0.1) is 0 Å². The fraction of sp³-hybridized carbons (Fsp3) is 0.333. The number of benzene rings is 1. The molecule has 1 aromatic carbocycles. The number of nitrogens with zero attached hydrogens (tertiary/aromatic N) is 2. The van der Waals surface area contributed by atoms with E-state index in [-0.39, 0.29) is 23.1 Å². The Balaban J connectivity index is 1.91. The minimum absolute atomic E-state index is 0.00900. The van der Waals surface area contributed by atoms with Crippen LogP contribution in [0.25, 0.3) is 0 Å². The topological polar surface area (TPSA) is 84.3 Å². The molecule has 1 aliphatic heterocycles. The zero-order valence-electron chi connectivity index (χ0n) is 12.5. The quantitative estimate of drug-likeness (QED) is 0.806. The van der Waals surface area contributed by atoms with E-state index in [4.69, 9.17) is 0 Å². The fourth-order valence-electron chi connectivity index (χ4n) is 2.67. The highest BCUT2D eigenvalue weighted by Crippen LogP contribution is 2.22. The summed E-state index contributed by atoms with van der Waals surface area (Å²) in [6.07, 6.45) is 1.99. The third-order valence-corrected chi connectivity index (χ3v) is 6.11. The van der Waals surface area contributed by atoms with E-state index in [1.165, 1.54) is 10.9 Å². The van der Waals surface area contributed by atoms with Crippen molar-refractivity contribution in [2.45, 2.75) is 19.4 Å². The molecule has 1 fully saturated rings. The molecule has 1 atom stereocenters. The first-order chi connectivity index (χ1) is 10.9. The van der Waals surface area contributed by atoms with Crippen LogP contribution in [0.1, 0.15) is 23.7 Å². The number of aromatic nitrogens is 2. The number of halogens is 1. The molecular weight excluding hydrogens is 382 g/mol. The third kappa shape index (κ3) is 3.48. The number of aliphatic imine (C=N–C) groups is 1. The largest absolute Gasteiger partial charge is 0.299 e. The SMILES string of the molecule is Cc1[nH]n([C@H]2CCS(=O)(=O)C2)c(=O)c1C=Nc1cccc(Br)c1. The highest BCUT2D eigenvalue weighted by Gasteiger charge is 2.31. The molecule has 1 N–H and O–H groups in total. The second-order valence-corrected chi connectivity index (χ2v) is 8.76. The van der Waals surface area contributed by atoms with Crippen LogP contribution in [0.2, 0.25) is 0 Å². The van der Waals surface area contributed by atoms with Crippen molar-refractivity contribution in [3.05, 3.63) is 50.3 Å². The van der Waals surface area contributed by atoms with E-state index < -0.39 is 9.84 Å². The summed E-state index contributed by atoms with van der Waals surface area (Å²) in [4.78, 5) is 16.8. The molecule has 0 radical (unpaired) electrons. The molecule has 0 spiro atoms. The van der Waals surface area contributed by atoms with Crippen molar-refractivity contribution in [3.8, 4) is 0 Å². The molecule has 0 aliphatic carbocycles. The number of aryl methyl sites for hydroxylation is 1. The Morgan fingerprint density at radius 1 is 1.43 bits per heavy atom. The molecule has 0 saturated carbocycles. The number of H-pyrrole nitrogens is 1. The second kappa shape index (κ2) is 6.09. The molecule has 2 aromatic rings. The van der Waals surface area contributed by atoms with Gasteiger partial charge in [0.05, 0.1) is 28.8 Å². The molecule has 122 valence electrons. The van der Waals surface area contributed by atoms with Crippen LogP contribution in [0.3, 0.4) is 0 Å². The normalized spacial score (nSPS) is 20.3. The Morgan fingerprint density at radius 3 is 2.87 bits per heavy atom. The van der Waals surface area contributed by atoms with E-state index in [0.29, 0.717) is 17.7 Å². The molecule has 0 unspecified atom stereocenters. The highest BCUT2D eigenvalue weighted by molar-refractivity contribution is 9.10. The van der Waals surface area contributed by atoms with Gasteiger partial charge in [-0.3, -0.25) is 14.9 Å². The van der Waals surface area contributed by atoms with Crippen LogP contribution in [-0.2, 0) is 9.84 Å². The predicted octanol–water partition coefficient (Wildman–Crippen LogP) is 2.36. The Labute approximate surface area is 142 Å². The monoisotopic (exact) mass is 397 g/mol. The van der Waals surface area contributed by atoms with Crippen molar-refractivity contribution in [2.75, 3.05) is 11.5 Å². The summed E-state index contributed by atoms with van der Waals surface area (Å²) in [5.74, 6) is 0.138. The maximum Gasteiger partial charge on any atom is 0.275 e. The Morgan fingerprint density at radius 2 is 2.22 bits per heavy atom. The van der Waals surface area contributed by atoms with Crippen LogP contribution >= 0.6 is 15.9 Å². The van der Waals surface area contributed by atoms with E-state index in [0.717, 1.165) is 10.2 Å². The summed E-state index contributed by atoms with van der Waals surface area (Å²) >= 11 is 3.37. The van der Waals surface area contributed by atoms with Gasteiger partial charge in [0.1, 0.15) is 0 Å². The first kappa shape index (κ1) is 16.2. The van der Waals surface area contributed by atoms with Gasteiger partial charge < -0.3 is 0 Å². The number of rotatable bonds is 3. The Kier molecular flexibility index (Phi) is 4.29. The summed E-state index contributed by atoms with van der Waals surface area (Å²) in [6, 6.07) is 7.13. The van der Waals surface area contributed by atoms with Crippen LogP contribution in [0.15, 0.2) is 38.5 Å². The van der Waals surface area contributed by atoms with E-state index in [9.17, 15) is 13.2 Å². The van der Waals surface area contributed by atoms with Gasteiger partial charge in [-0.05, 0) is 31.5 Å². The summed E-state index contributed by atoms with van der Waals surface area (Å²) in [6.45, 7) is 1.78. The zero-order chi connectivity index (χ0) is 16.6. The van der Waals surface area contributed by atoms with E-state index >= 15 is 0 Å². The molecular formula is C15H16BrN3O3S. The van der Waals surface area contributed by atoms with Gasteiger partial charge in [-0.25, -0.2) is 13.1 Å². The van der Waals surface area contributed by atoms with Gasteiger partial charge in [0.25, 0.3) is 5.56 Å². The average Bonchev–Trinajstić information content (AvgIpc) is 2.97. The number of nitrogens with one attached hydrogen (secondary N) is 1. The van der Waals surface area contributed by atoms with Crippen molar-refractivity contribution in [2.24, 2.45) is 4.99 Å². The van der Waals surface area contributed by atoms with Gasteiger partial charge in [-0.1, -0.05) is 22.0 Å². The molecule has 3 rings (SSSR count). The van der Waals surface area contributed by atoms with Gasteiger partial charge in [-0.2, -0.15) is 0 Å². The smallest absolute Gasteiger partial charge is 0.275 e. The van der Waals surface area contributed by atoms with Crippen molar-refractivity contribution in [1.82, 2.24) is 9.78 Å². The molecule has 0 amide bonds. The van der Waals surface area contributed by atoms with Crippen molar-refractivity contribution in [1.29, 1.82) is 0 Å². The highest BCUT2D eigenvalue weighted by atomic mass is 79.9. The van der Waals surface area contributed by atoms with Crippen molar-refractivity contribution < 1.29 is 8.42 Å². The maximum atomic E-state index is 12.5. The first-order valence-corrected chi connectivity index (χ1v) is 9.78. The lowest BCUT2D eigenvalue weighted by atomic mass is 10.2. The van der Waals surface area contributed by atoms with Crippen LogP contribution in [0.4, 0.5) is 5.69 Å². The molecule has 1 saturated heterocycles. The van der Waals surface area contributed by atoms with Crippen molar-refractivity contribution >= 4 is 37.7 Å². The number of sulfone groups is 1. The lowest BCUT2D eigenvalue weighted by molar-refractivity contribution is 0.483. The van der Waals surface area contributed by atoms with E-state index in [1.54, 1.807) is 6.92 Å². The lowest BCUT2D eigenvalue weighted by Gasteiger charge is -2.07. The van der Waals surface area contributed by atoms with E-state index in [2.05, 4.69) is 26.0 Å². The molecule has 6 nitrogen and oxygen atoms in total. The summed E-state index contributed by atoms with van der Waals surface area (Å²) in [5.41, 5.74) is 1.63. The summed E-state index contributed by atoms with van der Waals surface area (Å²) in [5, 5.41) is 2.98. The predicted molar refractivity (Wildman–Crippen MR) is 93.5 cm³/mol. The second-order valence-electron chi connectivity index (χ2n) is 5.62. The van der Waals surface area contributed by atoms with Crippen LogP contribution in [0, 0.1) is 6.92 Å². The minimum Gasteiger partial charge on any atom is -0.299 e. The minimum atomic E-state index is -3.04. The van der Waals surface area contributed by atoms with Crippen LogP contribution < -0.4 is 5.56 Å². The van der Waals surface area contributed by atoms with Gasteiger partial charge in [0.15, 0.2) is 9.84 Å². The Bertz CT molecular complexity index is 928. The third-order valence-electron chi connectivity index (χ3n) is 3.87. The average molecular weight is 398 g/mol. The summed E-state index contributed by atoms with van der Waals surface area (Å²) < 4.78 is 25.5. The fourth-order valence-corrected chi connectivity index (χ4v) is 4.75. The van der Waals surface area contributed by atoms with Gasteiger partial charge in [0.2, 0.25) is 0 Å². The molecule has 23 heavy (non-hydrogen) atoms. The first-order valence-electron chi connectivity index (χ1n) is 7.17.